The van der Waals surface area contributed by atoms with Gasteiger partial charge in [-0.15, -0.1) is 11.3 Å². The highest BCUT2D eigenvalue weighted by atomic mass is 32.1. The van der Waals surface area contributed by atoms with Crippen molar-refractivity contribution >= 4 is 28.3 Å². The molecule has 2 saturated heterocycles. The zero-order valence-corrected chi connectivity index (χ0v) is 16.7. The fraction of sp³-hybridized carbons (Fsp3) is 0.722. The summed E-state index contributed by atoms with van der Waals surface area (Å²) in [7, 11) is 1.64. The molecule has 0 bridgehead atoms. The molecule has 27 heavy (non-hydrogen) atoms. The van der Waals surface area contributed by atoms with Crippen LogP contribution < -0.4 is 16.0 Å². The number of rotatable bonds is 7. The number of nitrogens with one attached hydrogen (secondary N) is 1. The molecule has 150 valence electrons. The minimum atomic E-state index is -0.476. The molecule has 8 nitrogen and oxygen atoms in total. The normalized spacial score (nSPS) is 22.0. The number of carbonyl (C=O) groups excluding carboxylic acids is 2. The van der Waals surface area contributed by atoms with E-state index in [4.69, 9.17) is 10.5 Å². The Morgan fingerprint density at radius 2 is 2.11 bits per heavy atom. The van der Waals surface area contributed by atoms with E-state index in [9.17, 15) is 9.59 Å². The first kappa shape index (κ1) is 20.0. The number of aromatic nitrogens is 1. The highest BCUT2D eigenvalue weighted by Gasteiger charge is 2.32. The van der Waals surface area contributed by atoms with Crippen LogP contribution in [0.2, 0.25) is 0 Å². The third kappa shape index (κ3) is 5.18. The zero-order chi connectivity index (χ0) is 19.2. The van der Waals surface area contributed by atoms with Crippen molar-refractivity contribution in [2.45, 2.75) is 31.7 Å². The van der Waals surface area contributed by atoms with Crippen molar-refractivity contribution < 1.29 is 14.3 Å². The summed E-state index contributed by atoms with van der Waals surface area (Å²) in [6.07, 6.45) is 4.12. The zero-order valence-electron chi connectivity index (χ0n) is 15.9. The Labute approximate surface area is 164 Å². The van der Waals surface area contributed by atoms with E-state index in [-0.39, 0.29) is 11.8 Å². The average Bonchev–Trinajstić information content (AvgIpc) is 3.19. The van der Waals surface area contributed by atoms with Gasteiger partial charge in [0, 0.05) is 44.7 Å². The van der Waals surface area contributed by atoms with Crippen LogP contribution in [0.15, 0.2) is 5.38 Å². The molecule has 2 fully saturated rings. The van der Waals surface area contributed by atoms with Crippen LogP contribution in [-0.2, 0) is 9.53 Å². The summed E-state index contributed by atoms with van der Waals surface area (Å²) in [5, 5.41) is 5.57. The van der Waals surface area contributed by atoms with Gasteiger partial charge in [0.05, 0.1) is 12.5 Å². The van der Waals surface area contributed by atoms with Crippen LogP contribution in [0.1, 0.15) is 36.2 Å². The third-order valence-corrected chi connectivity index (χ3v) is 6.33. The van der Waals surface area contributed by atoms with Crippen molar-refractivity contribution in [2.75, 3.05) is 51.3 Å². The molecule has 2 aliphatic heterocycles. The Kier molecular flexibility index (Phi) is 7.03. The van der Waals surface area contributed by atoms with Crippen molar-refractivity contribution in [1.29, 1.82) is 0 Å². The lowest BCUT2D eigenvalue weighted by Gasteiger charge is -2.42. The minimum absolute atomic E-state index is 0.0747. The molecule has 2 amide bonds. The van der Waals surface area contributed by atoms with Gasteiger partial charge in [0.15, 0.2) is 5.13 Å². The molecule has 3 N–H and O–H groups in total. The summed E-state index contributed by atoms with van der Waals surface area (Å²) in [5.74, 6) is -0.253. The fourth-order valence-electron chi connectivity index (χ4n) is 3.92. The molecule has 1 aromatic heterocycles. The van der Waals surface area contributed by atoms with E-state index in [2.05, 4.69) is 20.1 Å². The third-order valence-electron chi connectivity index (χ3n) is 5.42. The number of methoxy groups -OCH3 is 1. The Hall–Kier alpha value is -1.71. The quantitative estimate of drug-likeness (QED) is 0.659. The molecule has 0 saturated carbocycles. The number of carbonyl (C=O) groups is 2. The van der Waals surface area contributed by atoms with Crippen molar-refractivity contribution in [3.05, 3.63) is 11.1 Å². The Morgan fingerprint density at radius 1 is 1.33 bits per heavy atom. The second-order valence-corrected chi connectivity index (χ2v) is 8.05. The topological polar surface area (TPSA) is 101 Å². The number of thiazole rings is 1. The molecule has 2 aliphatic rings. The van der Waals surface area contributed by atoms with E-state index in [1.54, 1.807) is 12.5 Å². The molecule has 0 radical (unpaired) electrons. The molecule has 3 heterocycles. The van der Waals surface area contributed by atoms with E-state index in [1.165, 1.54) is 11.3 Å². The number of nitrogens with zero attached hydrogens (tertiary/aromatic N) is 3. The van der Waals surface area contributed by atoms with Gasteiger partial charge in [-0.3, -0.25) is 14.5 Å². The summed E-state index contributed by atoms with van der Waals surface area (Å²) < 4.78 is 5.00. The van der Waals surface area contributed by atoms with E-state index in [0.29, 0.717) is 24.9 Å². The standard InChI is InChI=1S/C18H29N5O3S/c1-26-10-6-20-17(25)13-3-2-7-23(11-13)14-4-8-22(9-5-14)18-21-15(12-27-18)16(19)24/h12-14H,2-11H2,1H3,(H2,19,24)(H,20,25)/t13-/m1/s1. The van der Waals surface area contributed by atoms with Crippen molar-refractivity contribution in [1.82, 2.24) is 15.2 Å². The molecule has 3 rings (SSSR count). The summed E-state index contributed by atoms with van der Waals surface area (Å²) >= 11 is 1.47. The Balaban J connectivity index is 1.48. The van der Waals surface area contributed by atoms with Crippen LogP contribution in [0, 0.1) is 5.92 Å². The van der Waals surface area contributed by atoms with Crippen molar-refractivity contribution in [3.63, 3.8) is 0 Å². The van der Waals surface area contributed by atoms with Crippen LogP contribution in [0.3, 0.4) is 0 Å². The number of ether oxygens (including phenoxy) is 1. The number of hydrogen-bond donors (Lipinski definition) is 2. The van der Waals surface area contributed by atoms with E-state index in [1.807, 2.05) is 0 Å². The maximum absolute atomic E-state index is 12.3. The summed E-state index contributed by atoms with van der Waals surface area (Å²) in [6.45, 7) is 4.86. The monoisotopic (exact) mass is 395 g/mol. The number of hydrogen-bond acceptors (Lipinski definition) is 7. The number of piperidine rings is 2. The number of nitrogens with two attached hydrogens (primary N) is 1. The molecule has 1 atom stereocenters. The van der Waals surface area contributed by atoms with Gasteiger partial charge in [-0.2, -0.15) is 0 Å². The number of amides is 2. The molecular weight excluding hydrogens is 366 g/mol. The second-order valence-electron chi connectivity index (χ2n) is 7.22. The predicted octanol–water partition coefficient (Wildman–Crippen LogP) is 0.685. The van der Waals surface area contributed by atoms with Crippen LogP contribution in [0.5, 0.6) is 0 Å². The van der Waals surface area contributed by atoms with Gasteiger partial charge >= 0.3 is 0 Å². The maximum atomic E-state index is 12.3. The predicted molar refractivity (Wildman–Crippen MR) is 105 cm³/mol. The van der Waals surface area contributed by atoms with Gasteiger partial charge in [0.1, 0.15) is 5.69 Å². The van der Waals surface area contributed by atoms with Crippen molar-refractivity contribution in [2.24, 2.45) is 11.7 Å². The van der Waals surface area contributed by atoms with Gasteiger partial charge in [-0.25, -0.2) is 4.98 Å². The molecule has 1 aromatic rings. The van der Waals surface area contributed by atoms with Crippen LogP contribution >= 0.6 is 11.3 Å². The molecular formula is C18H29N5O3S. The molecule has 0 aliphatic carbocycles. The first-order chi connectivity index (χ1) is 13.1. The van der Waals surface area contributed by atoms with Gasteiger partial charge in [0.25, 0.3) is 5.91 Å². The second kappa shape index (κ2) is 9.48. The molecule has 9 heteroatoms. The smallest absolute Gasteiger partial charge is 0.268 e. The lowest BCUT2D eigenvalue weighted by Crippen LogP contribution is -2.51. The minimum Gasteiger partial charge on any atom is -0.383 e. The van der Waals surface area contributed by atoms with Gasteiger partial charge in [-0.1, -0.05) is 0 Å². The number of likely N-dealkylation sites (tertiary alicyclic amines) is 1. The van der Waals surface area contributed by atoms with Crippen LogP contribution in [-0.4, -0.2) is 74.2 Å². The van der Waals surface area contributed by atoms with Gasteiger partial charge in [0.2, 0.25) is 5.91 Å². The van der Waals surface area contributed by atoms with Gasteiger partial charge < -0.3 is 20.7 Å². The first-order valence-corrected chi connectivity index (χ1v) is 10.5. The highest BCUT2D eigenvalue weighted by Crippen LogP contribution is 2.28. The van der Waals surface area contributed by atoms with E-state index < -0.39 is 5.91 Å². The summed E-state index contributed by atoms with van der Waals surface area (Å²) in [5.41, 5.74) is 5.64. The van der Waals surface area contributed by atoms with Gasteiger partial charge in [-0.05, 0) is 32.2 Å². The van der Waals surface area contributed by atoms with E-state index >= 15 is 0 Å². The SMILES string of the molecule is COCCNC(=O)[C@@H]1CCCN(C2CCN(c3nc(C(N)=O)cs3)CC2)C1. The van der Waals surface area contributed by atoms with Crippen molar-refractivity contribution in [3.8, 4) is 0 Å². The molecule has 0 spiro atoms. The average molecular weight is 396 g/mol. The lowest BCUT2D eigenvalue weighted by molar-refractivity contribution is -0.127. The Bertz CT molecular complexity index is 645. The fourth-order valence-corrected chi connectivity index (χ4v) is 4.79. The number of primary amides is 1. The van der Waals surface area contributed by atoms with E-state index in [0.717, 1.165) is 57.0 Å². The maximum Gasteiger partial charge on any atom is 0.268 e. The van der Waals surface area contributed by atoms with Crippen LogP contribution in [0.25, 0.3) is 0 Å². The summed E-state index contributed by atoms with van der Waals surface area (Å²) in [4.78, 5) is 32.6. The molecule has 0 aromatic carbocycles. The van der Waals surface area contributed by atoms with Crippen LogP contribution in [0.4, 0.5) is 5.13 Å². The summed E-state index contributed by atoms with van der Waals surface area (Å²) in [6, 6.07) is 0.506. The largest absolute Gasteiger partial charge is 0.383 e. The first-order valence-electron chi connectivity index (χ1n) is 9.59. The highest BCUT2D eigenvalue weighted by molar-refractivity contribution is 7.13. The molecule has 0 unspecified atom stereocenters. The lowest BCUT2D eigenvalue weighted by atomic mass is 9.93. The number of anilines is 1. The Morgan fingerprint density at radius 3 is 2.78 bits per heavy atom.